The maximum Gasteiger partial charge on any atom is 0.348 e. The molecule has 1 aliphatic carbocycles. The number of esters is 1. The number of hydrogen-bond donors (Lipinski definition) is 1. The topological polar surface area (TPSA) is 72.3 Å². The summed E-state index contributed by atoms with van der Waals surface area (Å²) in [7, 11) is 2.19. The summed E-state index contributed by atoms with van der Waals surface area (Å²) in [6, 6.07) is 16.9. The molecule has 32 heavy (non-hydrogen) atoms. The number of aliphatic hydroxyl groups is 1. The number of likely N-dealkylation sites (tertiary alicyclic amines) is 1. The molecule has 1 unspecified atom stereocenters. The van der Waals surface area contributed by atoms with Crippen molar-refractivity contribution in [1.82, 2.24) is 9.97 Å². The van der Waals surface area contributed by atoms with Gasteiger partial charge in [-0.2, -0.15) is 0 Å². The van der Waals surface area contributed by atoms with Crippen molar-refractivity contribution in [3.8, 4) is 11.1 Å². The van der Waals surface area contributed by atoms with E-state index in [4.69, 9.17) is 4.74 Å². The molecule has 1 N–H and O–H groups in total. The van der Waals surface area contributed by atoms with Gasteiger partial charge in [-0.15, -0.1) is 0 Å². The molecular weight excluding hydrogens is 402 g/mol. The Balaban J connectivity index is 1.34. The minimum atomic E-state index is -1.77. The molecule has 164 valence electrons. The number of ether oxygens (including phenoxy) is 1. The van der Waals surface area contributed by atoms with Crippen LogP contribution in [0.2, 0.25) is 0 Å². The number of rotatable bonds is 5. The molecule has 0 radical (unpaired) electrons. The van der Waals surface area contributed by atoms with E-state index in [1.165, 1.54) is 0 Å². The average molecular weight is 431 g/mol. The number of benzene rings is 2. The van der Waals surface area contributed by atoms with E-state index >= 15 is 0 Å². The molecule has 2 aromatic carbocycles. The first-order valence-electron chi connectivity index (χ1n) is 11.2. The Hall–Kier alpha value is -3.09. The van der Waals surface area contributed by atoms with Crippen molar-refractivity contribution >= 4 is 5.97 Å². The number of piperidine rings is 1. The van der Waals surface area contributed by atoms with E-state index in [-0.39, 0.29) is 6.10 Å². The summed E-state index contributed by atoms with van der Waals surface area (Å²) in [6.45, 7) is 2.63. The van der Waals surface area contributed by atoms with Crippen molar-refractivity contribution < 1.29 is 19.1 Å². The van der Waals surface area contributed by atoms with Crippen molar-refractivity contribution in [2.24, 2.45) is 0 Å². The summed E-state index contributed by atoms with van der Waals surface area (Å²) in [5, 5.41) is 11.7. The second-order valence-electron chi connectivity index (χ2n) is 9.14. The minimum Gasteiger partial charge on any atom is -0.454 e. The average Bonchev–Trinajstić information content (AvgIpc) is 3.09. The SMILES string of the molecule is C[N@+]1(CCc2ncccn2)CCCC(OC(=O)C2(O)c3ccccc3-c3ccccc32)C1. The van der Waals surface area contributed by atoms with Gasteiger partial charge in [0.15, 0.2) is 6.10 Å². The standard InChI is InChI=1S/C26H28N3O3/c1-29(17-13-24-27-14-7-15-28-24)16-6-8-19(18-29)32-25(30)26(31)22-11-4-2-9-20(22)21-10-3-5-12-23(21)26/h2-5,7,9-12,14-15,19,31H,6,8,13,16-18H2,1H3/q+1/t19?,29-/m1/s1. The molecule has 2 heterocycles. The van der Waals surface area contributed by atoms with Crippen LogP contribution in [0.4, 0.5) is 0 Å². The van der Waals surface area contributed by atoms with Crippen LogP contribution in [-0.2, 0) is 21.6 Å². The van der Waals surface area contributed by atoms with E-state index in [1.807, 2.05) is 54.6 Å². The number of fused-ring (bicyclic) bond motifs is 3. The Kier molecular flexibility index (Phi) is 5.27. The van der Waals surface area contributed by atoms with Gasteiger partial charge in [-0.1, -0.05) is 48.5 Å². The van der Waals surface area contributed by atoms with Gasteiger partial charge in [0, 0.05) is 29.9 Å². The Bertz CT molecular complexity index is 1090. The number of likely N-dealkylation sites (N-methyl/N-ethyl adjacent to an activating group) is 1. The molecule has 1 aliphatic heterocycles. The summed E-state index contributed by atoms with van der Waals surface area (Å²) in [4.78, 5) is 22.1. The monoisotopic (exact) mass is 430 g/mol. The molecule has 1 fully saturated rings. The molecule has 0 amide bonds. The van der Waals surface area contributed by atoms with Gasteiger partial charge in [-0.25, -0.2) is 14.8 Å². The second kappa shape index (κ2) is 8.11. The van der Waals surface area contributed by atoms with Crippen LogP contribution in [0.25, 0.3) is 11.1 Å². The Morgan fingerprint density at radius 2 is 1.69 bits per heavy atom. The largest absolute Gasteiger partial charge is 0.454 e. The summed E-state index contributed by atoms with van der Waals surface area (Å²) < 4.78 is 6.80. The van der Waals surface area contributed by atoms with Crippen LogP contribution in [0.1, 0.15) is 29.8 Å². The van der Waals surface area contributed by atoms with Crippen molar-refractivity contribution in [1.29, 1.82) is 0 Å². The lowest BCUT2D eigenvalue weighted by atomic mass is 9.91. The number of quaternary nitrogens is 1. The quantitative estimate of drug-likeness (QED) is 0.498. The highest BCUT2D eigenvalue weighted by molar-refractivity contribution is 5.96. The van der Waals surface area contributed by atoms with E-state index in [2.05, 4.69) is 17.0 Å². The molecule has 2 atom stereocenters. The number of hydrogen-bond acceptors (Lipinski definition) is 5. The highest BCUT2D eigenvalue weighted by atomic mass is 16.6. The Morgan fingerprint density at radius 1 is 1.06 bits per heavy atom. The lowest BCUT2D eigenvalue weighted by Gasteiger charge is -2.41. The molecule has 0 bridgehead atoms. The normalized spacial score (nSPS) is 23.2. The van der Waals surface area contributed by atoms with Crippen LogP contribution < -0.4 is 0 Å². The van der Waals surface area contributed by atoms with Gasteiger partial charge >= 0.3 is 5.97 Å². The van der Waals surface area contributed by atoms with Crippen LogP contribution in [0.5, 0.6) is 0 Å². The van der Waals surface area contributed by atoms with Gasteiger partial charge in [0.25, 0.3) is 0 Å². The van der Waals surface area contributed by atoms with E-state index in [0.29, 0.717) is 11.1 Å². The van der Waals surface area contributed by atoms with E-state index in [0.717, 1.165) is 60.3 Å². The Labute approximate surface area is 188 Å². The smallest absolute Gasteiger partial charge is 0.348 e. The van der Waals surface area contributed by atoms with Crippen molar-refractivity contribution in [2.45, 2.75) is 31.0 Å². The van der Waals surface area contributed by atoms with Crippen molar-refractivity contribution in [2.75, 3.05) is 26.7 Å². The molecule has 0 spiro atoms. The predicted octanol–water partition coefficient (Wildman–Crippen LogP) is 3.09. The first-order valence-corrected chi connectivity index (χ1v) is 11.2. The number of aromatic nitrogens is 2. The van der Waals surface area contributed by atoms with Crippen LogP contribution in [0, 0.1) is 0 Å². The zero-order chi connectivity index (χ0) is 22.2. The maximum absolute atomic E-state index is 13.5. The van der Waals surface area contributed by atoms with Crippen molar-refractivity contribution in [3.63, 3.8) is 0 Å². The van der Waals surface area contributed by atoms with Gasteiger partial charge < -0.3 is 14.3 Å². The molecule has 5 rings (SSSR count). The fraction of sp³-hybridized carbons (Fsp3) is 0.346. The van der Waals surface area contributed by atoms with E-state index < -0.39 is 11.6 Å². The Morgan fingerprint density at radius 3 is 2.34 bits per heavy atom. The van der Waals surface area contributed by atoms with Crippen LogP contribution >= 0.6 is 0 Å². The number of carbonyl (C=O) groups is 1. The molecule has 0 saturated carbocycles. The predicted molar refractivity (Wildman–Crippen MR) is 121 cm³/mol. The second-order valence-corrected chi connectivity index (χ2v) is 9.14. The summed E-state index contributed by atoms with van der Waals surface area (Å²) in [6.07, 6.45) is 5.85. The van der Waals surface area contributed by atoms with E-state index in [1.54, 1.807) is 12.4 Å². The molecular formula is C26H28N3O3+. The molecule has 3 aromatic rings. The minimum absolute atomic E-state index is 0.234. The lowest BCUT2D eigenvalue weighted by Crippen LogP contribution is -2.55. The zero-order valence-electron chi connectivity index (χ0n) is 18.3. The highest BCUT2D eigenvalue weighted by Gasteiger charge is 2.50. The highest BCUT2D eigenvalue weighted by Crippen LogP contribution is 2.48. The molecule has 1 aromatic heterocycles. The third-order valence-electron chi connectivity index (χ3n) is 6.86. The zero-order valence-corrected chi connectivity index (χ0v) is 18.3. The number of nitrogens with zero attached hydrogens (tertiary/aromatic N) is 3. The molecule has 2 aliphatic rings. The third kappa shape index (κ3) is 3.59. The first kappa shape index (κ1) is 20.8. The summed E-state index contributed by atoms with van der Waals surface area (Å²) >= 11 is 0. The molecule has 6 heteroatoms. The van der Waals surface area contributed by atoms with Gasteiger partial charge in [-0.05, 0) is 23.6 Å². The molecule has 6 nitrogen and oxygen atoms in total. The molecule has 1 saturated heterocycles. The van der Waals surface area contributed by atoms with Gasteiger partial charge in [0.2, 0.25) is 5.60 Å². The van der Waals surface area contributed by atoms with Crippen LogP contribution in [-0.4, -0.2) is 58.3 Å². The first-order chi connectivity index (χ1) is 15.5. The van der Waals surface area contributed by atoms with Crippen LogP contribution in [0.3, 0.4) is 0 Å². The fourth-order valence-corrected chi connectivity index (χ4v) is 5.17. The summed E-state index contributed by atoms with van der Waals surface area (Å²) in [5.74, 6) is 0.249. The van der Waals surface area contributed by atoms with Crippen LogP contribution in [0.15, 0.2) is 67.0 Å². The fourth-order valence-electron chi connectivity index (χ4n) is 5.17. The summed E-state index contributed by atoms with van der Waals surface area (Å²) in [5.41, 5.74) is 1.19. The van der Waals surface area contributed by atoms with Gasteiger partial charge in [0.1, 0.15) is 12.4 Å². The lowest BCUT2D eigenvalue weighted by molar-refractivity contribution is -0.916. The number of carbonyl (C=O) groups excluding carboxylic acids is 1. The van der Waals surface area contributed by atoms with Gasteiger partial charge in [0.05, 0.1) is 26.6 Å². The van der Waals surface area contributed by atoms with E-state index in [9.17, 15) is 9.90 Å². The maximum atomic E-state index is 13.5. The third-order valence-corrected chi connectivity index (χ3v) is 6.86. The van der Waals surface area contributed by atoms with Crippen molar-refractivity contribution in [3.05, 3.63) is 83.9 Å². The van der Waals surface area contributed by atoms with Gasteiger partial charge in [-0.3, -0.25) is 0 Å².